The molecular formula is C13H25N3O4. The van der Waals surface area contributed by atoms with E-state index in [1.807, 2.05) is 9.80 Å². The van der Waals surface area contributed by atoms with Crippen LogP contribution in [0.1, 0.15) is 12.8 Å². The Morgan fingerprint density at radius 1 is 1.30 bits per heavy atom. The predicted molar refractivity (Wildman–Crippen MR) is 74.8 cm³/mol. The Morgan fingerprint density at radius 2 is 1.90 bits per heavy atom. The molecule has 7 nitrogen and oxygen atoms in total. The average molecular weight is 287 g/mol. The van der Waals surface area contributed by atoms with Crippen LogP contribution in [0.25, 0.3) is 0 Å². The van der Waals surface area contributed by atoms with Crippen LogP contribution in [-0.4, -0.2) is 91.8 Å². The minimum atomic E-state index is -0.826. The van der Waals surface area contributed by atoms with Gasteiger partial charge < -0.3 is 19.6 Å². The first-order chi connectivity index (χ1) is 9.45. The first-order valence-electron chi connectivity index (χ1n) is 6.86. The molecule has 1 N–H and O–H groups in total. The van der Waals surface area contributed by atoms with E-state index in [1.54, 1.807) is 26.1 Å². The largest absolute Gasteiger partial charge is 0.480 e. The van der Waals surface area contributed by atoms with Crippen molar-refractivity contribution in [3.05, 3.63) is 0 Å². The van der Waals surface area contributed by atoms with Crippen molar-refractivity contribution in [2.75, 3.05) is 54.0 Å². The molecule has 1 aliphatic heterocycles. The fraction of sp³-hybridized carbons (Fsp3) is 0.846. The molecule has 116 valence electrons. The van der Waals surface area contributed by atoms with Gasteiger partial charge >= 0.3 is 12.0 Å². The van der Waals surface area contributed by atoms with Crippen LogP contribution < -0.4 is 0 Å². The minimum absolute atomic E-state index is 0.0186. The van der Waals surface area contributed by atoms with Crippen LogP contribution in [-0.2, 0) is 9.53 Å². The van der Waals surface area contributed by atoms with Gasteiger partial charge in [0.2, 0.25) is 0 Å². The van der Waals surface area contributed by atoms with Gasteiger partial charge in [-0.2, -0.15) is 0 Å². The highest BCUT2D eigenvalue weighted by atomic mass is 16.5. The summed E-state index contributed by atoms with van der Waals surface area (Å²) in [6.07, 6.45) is 1.60. The number of nitrogens with zero attached hydrogens (tertiary/aromatic N) is 3. The SMILES string of the molecule is COCCN(CC(=O)O)C1CCN(C(=O)N(C)C)CC1. The van der Waals surface area contributed by atoms with Gasteiger partial charge in [-0.05, 0) is 12.8 Å². The number of hydrogen-bond acceptors (Lipinski definition) is 4. The maximum atomic E-state index is 11.8. The van der Waals surface area contributed by atoms with E-state index in [-0.39, 0.29) is 18.6 Å². The zero-order valence-corrected chi connectivity index (χ0v) is 12.5. The quantitative estimate of drug-likeness (QED) is 0.753. The van der Waals surface area contributed by atoms with Crippen molar-refractivity contribution >= 4 is 12.0 Å². The van der Waals surface area contributed by atoms with Gasteiger partial charge in [0.25, 0.3) is 0 Å². The van der Waals surface area contributed by atoms with E-state index in [2.05, 4.69) is 0 Å². The number of carbonyl (C=O) groups excluding carboxylic acids is 1. The molecule has 0 aromatic rings. The summed E-state index contributed by atoms with van der Waals surface area (Å²) in [7, 11) is 5.09. The summed E-state index contributed by atoms with van der Waals surface area (Å²) < 4.78 is 5.03. The summed E-state index contributed by atoms with van der Waals surface area (Å²) in [6.45, 7) is 2.49. The highest BCUT2D eigenvalue weighted by Gasteiger charge is 2.28. The lowest BCUT2D eigenvalue weighted by molar-refractivity contribution is -0.139. The summed E-state index contributed by atoms with van der Waals surface area (Å²) in [4.78, 5) is 28.1. The molecule has 1 fully saturated rings. The molecule has 0 unspecified atom stereocenters. The molecule has 1 rings (SSSR count). The zero-order valence-electron chi connectivity index (χ0n) is 12.5. The highest BCUT2D eigenvalue weighted by Crippen LogP contribution is 2.17. The van der Waals surface area contributed by atoms with Gasteiger partial charge in [0.05, 0.1) is 13.2 Å². The summed E-state index contributed by atoms with van der Waals surface area (Å²) in [5, 5.41) is 8.97. The second kappa shape index (κ2) is 8.06. The van der Waals surface area contributed by atoms with E-state index in [0.717, 1.165) is 12.8 Å². The molecule has 0 aromatic carbocycles. The van der Waals surface area contributed by atoms with Gasteiger partial charge in [-0.3, -0.25) is 9.69 Å². The van der Waals surface area contributed by atoms with E-state index in [1.165, 1.54) is 0 Å². The Balaban J connectivity index is 2.51. The maximum absolute atomic E-state index is 11.8. The molecule has 0 saturated carbocycles. The average Bonchev–Trinajstić information content (AvgIpc) is 2.42. The van der Waals surface area contributed by atoms with E-state index < -0.39 is 5.97 Å². The van der Waals surface area contributed by atoms with Crippen molar-refractivity contribution in [2.24, 2.45) is 0 Å². The molecular weight excluding hydrogens is 262 g/mol. The van der Waals surface area contributed by atoms with Crippen molar-refractivity contribution in [1.82, 2.24) is 14.7 Å². The lowest BCUT2D eigenvalue weighted by atomic mass is 10.0. The Kier molecular flexibility index (Phi) is 6.74. The first kappa shape index (κ1) is 16.7. The molecule has 0 radical (unpaired) electrons. The second-order valence-corrected chi connectivity index (χ2v) is 5.25. The van der Waals surface area contributed by atoms with Crippen LogP contribution in [0.2, 0.25) is 0 Å². The fourth-order valence-corrected chi connectivity index (χ4v) is 2.48. The molecule has 1 aliphatic rings. The number of carbonyl (C=O) groups is 2. The summed E-state index contributed by atoms with van der Waals surface area (Å²) >= 11 is 0. The zero-order chi connectivity index (χ0) is 15.1. The van der Waals surface area contributed by atoms with E-state index in [4.69, 9.17) is 9.84 Å². The lowest BCUT2D eigenvalue weighted by Crippen LogP contribution is -2.50. The predicted octanol–water partition coefficient (Wildman–Crippen LogP) is 0.165. The van der Waals surface area contributed by atoms with Crippen LogP contribution >= 0.6 is 0 Å². The Bertz CT molecular complexity index is 328. The molecule has 0 aromatic heterocycles. The van der Waals surface area contributed by atoms with Crippen molar-refractivity contribution in [3.63, 3.8) is 0 Å². The third-order valence-electron chi connectivity index (χ3n) is 3.55. The lowest BCUT2D eigenvalue weighted by Gasteiger charge is -2.38. The number of urea groups is 1. The van der Waals surface area contributed by atoms with Crippen molar-refractivity contribution in [3.8, 4) is 0 Å². The number of piperidine rings is 1. The standard InChI is InChI=1S/C13H25N3O4/c1-14(2)13(19)15-6-4-11(5-7-15)16(8-9-20-3)10-12(17)18/h11H,4-10H2,1-3H3,(H,17,18). The molecule has 0 spiro atoms. The van der Waals surface area contributed by atoms with Crippen LogP contribution in [0.15, 0.2) is 0 Å². The summed E-state index contributed by atoms with van der Waals surface area (Å²) in [6, 6.07) is 0.220. The number of amides is 2. The second-order valence-electron chi connectivity index (χ2n) is 5.25. The number of likely N-dealkylation sites (tertiary alicyclic amines) is 1. The topological polar surface area (TPSA) is 73.3 Å². The number of methoxy groups -OCH3 is 1. The number of aliphatic carboxylic acids is 1. The summed E-state index contributed by atoms with van der Waals surface area (Å²) in [5.74, 6) is -0.826. The van der Waals surface area contributed by atoms with Gasteiger partial charge in [0.15, 0.2) is 0 Å². The molecule has 0 aliphatic carbocycles. The maximum Gasteiger partial charge on any atom is 0.319 e. The molecule has 20 heavy (non-hydrogen) atoms. The van der Waals surface area contributed by atoms with Crippen LogP contribution in [0.3, 0.4) is 0 Å². The third kappa shape index (κ3) is 4.97. The molecule has 7 heteroatoms. The number of ether oxygens (including phenoxy) is 1. The number of carboxylic acids is 1. The van der Waals surface area contributed by atoms with Crippen LogP contribution in [0.5, 0.6) is 0 Å². The fourth-order valence-electron chi connectivity index (χ4n) is 2.48. The minimum Gasteiger partial charge on any atom is -0.480 e. The van der Waals surface area contributed by atoms with Gasteiger partial charge in [-0.15, -0.1) is 0 Å². The smallest absolute Gasteiger partial charge is 0.319 e. The van der Waals surface area contributed by atoms with Crippen molar-refractivity contribution in [2.45, 2.75) is 18.9 Å². The Morgan fingerprint density at radius 3 is 2.35 bits per heavy atom. The monoisotopic (exact) mass is 287 g/mol. The third-order valence-corrected chi connectivity index (χ3v) is 3.55. The molecule has 0 atom stereocenters. The highest BCUT2D eigenvalue weighted by molar-refractivity contribution is 5.73. The van der Waals surface area contributed by atoms with Gasteiger partial charge in [-0.1, -0.05) is 0 Å². The van der Waals surface area contributed by atoms with E-state index in [9.17, 15) is 9.59 Å². The number of carboxylic acid groups (broad SMARTS) is 1. The van der Waals surface area contributed by atoms with Crippen LogP contribution in [0, 0.1) is 0 Å². The summed E-state index contributed by atoms with van der Waals surface area (Å²) in [5.41, 5.74) is 0. The van der Waals surface area contributed by atoms with Crippen molar-refractivity contribution < 1.29 is 19.4 Å². The van der Waals surface area contributed by atoms with E-state index in [0.29, 0.717) is 26.2 Å². The molecule has 1 saturated heterocycles. The Labute approximate surface area is 120 Å². The normalized spacial score (nSPS) is 16.5. The molecule has 2 amide bonds. The van der Waals surface area contributed by atoms with Gasteiger partial charge in [-0.25, -0.2) is 4.79 Å². The molecule has 0 bridgehead atoms. The van der Waals surface area contributed by atoms with Crippen molar-refractivity contribution in [1.29, 1.82) is 0 Å². The van der Waals surface area contributed by atoms with E-state index >= 15 is 0 Å². The van der Waals surface area contributed by atoms with Crippen LogP contribution in [0.4, 0.5) is 4.79 Å². The first-order valence-corrected chi connectivity index (χ1v) is 6.86. The van der Waals surface area contributed by atoms with Gasteiger partial charge in [0.1, 0.15) is 0 Å². The number of hydrogen-bond donors (Lipinski definition) is 1. The molecule has 1 heterocycles. The number of rotatable bonds is 6. The van der Waals surface area contributed by atoms with Gasteiger partial charge in [0, 0.05) is 46.9 Å². The Hall–Kier alpha value is -1.34.